The van der Waals surface area contributed by atoms with Crippen molar-refractivity contribution in [3.05, 3.63) is 33.4 Å². The Bertz CT molecular complexity index is 251. The van der Waals surface area contributed by atoms with Crippen LogP contribution in [0.1, 0.15) is 30.7 Å². The Balaban J connectivity index is 2.23. The van der Waals surface area contributed by atoms with Crippen LogP contribution in [0.4, 0.5) is 0 Å². The second-order valence-electron chi connectivity index (χ2n) is 3.18. The monoisotopic (exact) mass is 258 g/mol. The van der Waals surface area contributed by atoms with Crippen molar-refractivity contribution in [2.45, 2.75) is 25.2 Å². The first kappa shape index (κ1) is 7.59. The lowest BCUT2D eigenvalue weighted by molar-refractivity contribution is 0.419. The molecule has 1 aromatic rings. The van der Waals surface area contributed by atoms with Crippen molar-refractivity contribution in [3.63, 3.8) is 0 Å². The lowest BCUT2D eigenvalue weighted by Crippen LogP contribution is -2.08. The van der Waals surface area contributed by atoms with Crippen LogP contribution in [0.2, 0.25) is 0 Å². The minimum absolute atomic E-state index is 0.879. The summed E-state index contributed by atoms with van der Waals surface area (Å²) in [5.74, 6) is 0.879. The van der Waals surface area contributed by atoms with E-state index in [1.807, 2.05) is 0 Å². The summed E-state index contributed by atoms with van der Waals surface area (Å²) in [7, 11) is 0. The Labute approximate surface area is 81.1 Å². The third kappa shape index (κ3) is 1.58. The van der Waals surface area contributed by atoms with E-state index < -0.39 is 0 Å². The fraction of sp³-hybridized carbons (Fsp3) is 0.400. The molecule has 0 bridgehead atoms. The normalized spacial score (nSPS) is 17.9. The van der Waals surface area contributed by atoms with Gasteiger partial charge < -0.3 is 0 Å². The molecule has 0 radical (unpaired) electrons. The van der Waals surface area contributed by atoms with Crippen molar-refractivity contribution in [1.82, 2.24) is 0 Å². The van der Waals surface area contributed by atoms with Gasteiger partial charge in [0, 0.05) is 3.57 Å². The second-order valence-corrected chi connectivity index (χ2v) is 4.43. The maximum Gasteiger partial charge on any atom is 0.0133 e. The Morgan fingerprint density at radius 2 is 2.09 bits per heavy atom. The first-order valence-electron chi connectivity index (χ1n) is 4.12. The van der Waals surface area contributed by atoms with Crippen molar-refractivity contribution in [1.29, 1.82) is 0 Å². The maximum absolute atomic E-state index is 2.38. The van der Waals surface area contributed by atoms with Crippen LogP contribution in [0.3, 0.4) is 0 Å². The van der Waals surface area contributed by atoms with E-state index in [1.165, 1.54) is 22.8 Å². The molecule has 0 aromatic heterocycles. The predicted molar refractivity (Wildman–Crippen MR) is 55.8 cm³/mol. The zero-order valence-corrected chi connectivity index (χ0v) is 8.54. The maximum atomic E-state index is 2.38. The highest BCUT2D eigenvalue weighted by molar-refractivity contribution is 14.1. The summed E-state index contributed by atoms with van der Waals surface area (Å²) >= 11 is 2.38. The Morgan fingerprint density at radius 3 is 2.64 bits per heavy atom. The molecular weight excluding hydrogens is 247 g/mol. The van der Waals surface area contributed by atoms with E-state index in [-0.39, 0.29) is 0 Å². The van der Waals surface area contributed by atoms with Crippen LogP contribution in [-0.4, -0.2) is 0 Å². The molecule has 1 aliphatic carbocycles. The quantitative estimate of drug-likeness (QED) is 0.675. The molecular formula is C10H11I. The Kier molecular flexibility index (Phi) is 2.16. The molecule has 11 heavy (non-hydrogen) atoms. The topological polar surface area (TPSA) is 0 Å². The van der Waals surface area contributed by atoms with Crippen molar-refractivity contribution in [2.24, 2.45) is 0 Å². The standard InChI is InChI=1S/C10H11I/c11-10-6-2-5-9(7-10)8-3-1-4-8/h2,5-8H,1,3-4H2. The van der Waals surface area contributed by atoms with Crippen molar-refractivity contribution >= 4 is 22.6 Å². The van der Waals surface area contributed by atoms with Crippen LogP contribution in [0, 0.1) is 3.57 Å². The van der Waals surface area contributed by atoms with Gasteiger partial charge in [-0.1, -0.05) is 18.6 Å². The first-order chi connectivity index (χ1) is 5.36. The highest BCUT2D eigenvalue weighted by Gasteiger charge is 2.18. The molecule has 0 spiro atoms. The van der Waals surface area contributed by atoms with Gasteiger partial charge in [0.2, 0.25) is 0 Å². The Morgan fingerprint density at radius 1 is 1.27 bits per heavy atom. The van der Waals surface area contributed by atoms with Crippen LogP contribution in [0.25, 0.3) is 0 Å². The van der Waals surface area contributed by atoms with Gasteiger partial charge in [0.1, 0.15) is 0 Å². The average Bonchev–Trinajstić information content (AvgIpc) is 1.83. The lowest BCUT2D eigenvalue weighted by atomic mass is 9.80. The largest absolute Gasteiger partial charge is 0.0609 e. The summed E-state index contributed by atoms with van der Waals surface area (Å²) in [6, 6.07) is 8.88. The predicted octanol–water partition coefficient (Wildman–Crippen LogP) is 3.56. The van der Waals surface area contributed by atoms with Gasteiger partial charge in [-0.05, 0) is 59.0 Å². The average molecular weight is 258 g/mol. The molecule has 0 unspecified atom stereocenters. The molecule has 0 N–H and O–H groups in total. The van der Waals surface area contributed by atoms with E-state index in [9.17, 15) is 0 Å². The van der Waals surface area contributed by atoms with E-state index in [2.05, 4.69) is 46.9 Å². The molecule has 1 aliphatic rings. The minimum Gasteiger partial charge on any atom is -0.0609 e. The van der Waals surface area contributed by atoms with Gasteiger partial charge in [0.25, 0.3) is 0 Å². The van der Waals surface area contributed by atoms with Gasteiger partial charge in [-0.2, -0.15) is 0 Å². The van der Waals surface area contributed by atoms with E-state index in [0.29, 0.717) is 0 Å². The number of hydrogen-bond donors (Lipinski definition) is 0. The van der Waals surface area contributed by atoms with E-state index in [0.717, 1.165) is 5.92 Å². The summed E-state index contributed by atoms with van der Waals surface area (Å²) in [6.07, 6.45) is 4.23. The first-order valence-corrected chi connectivity index (χ1v) is 5.19. The number of rotatable bonds is 1. The summed E-state index contributed by atoms with van der Waals surface area (Å²) in [5.41, 5.74) is 1.54. The van der Waals surface area contributed by atoms with Gasteiger partial charge in [-0.15, -0.1) is 0 Å². The van der Waals surface area contributed by atoms with E-state index in [4.69, 9.17) is 0 Å². The van der Waals surface area contributed by atoms with Crippen LogP contribution >= 0.6 is 22.6 Å². The number of benzene rings is 1. The third-order valence-corrected chi connectivity index (χ3v) is 3.10. The fourth-order valence-electron chi connectivity index (χ4n) is 1.50. The fourth-order valence-corrected chi connectivity index (χ4v) is 2.07. The van der Waals surface area contributed by atoms with Crippen molar-refractivity contribution < 1.29 is 0 Å². The summed E-state index contributed by atoms with van der Waals surface area (Å²) in [5, 5.41) is 0. The van der Waals surface area contributed by atoms with Gasteiger partial charge >= 0.3 is 0 Å². The van der Waals surface area contributed by atoms with Crippen molar-refractivity contribution in [2.75, 3.05) is 0 Å². The van der Waals surface area contributed by atoms with Gasteiger partial charge in [-0.25, -0.2) is 0 Å². The van der Waals surface area contributed by atoms with Crippen LogP contribution in [0.15, 0.2) is 24.3 Å². The van der Waals surface area contributed by atoms with Crippen LogP contribution < -0.4 is 0 Å². The molecule has 0 amide bonds. The molecule has 1 heteroatoms. The Hall–Kier alpha value is -0.0500. The minimum atomic E-state index is 0.879. The summed E-state index contributed by atoms with van der Waals surface area (Å²) in [6.45, 7) is 0. The zero-order chi connectivity index (χ0) is 7.68. The van der Waals surface area contributed by atoms with Gasteiger partial charge in [-0.3, -0.25) is 0 Å². The van der Waals surface area contributed by atoms with Gasteiger partial charge in [0.15, 0.2) is 0 Å². The zero-order valence-electron chi connectivity index (χ0n) is 6.39. The molecule has 0 aliphatic heterocycles. The number of halogens is 1. The second kappa shape index (κ2) is 3.13. The molecule has 2 rings (SSSR count). The SMILES string of the molecule is Ic1cccc(C2CCC2)c1. The number of hydrogen-bond acceptors (Lipinski definition) is 0. The molecule has 1 aromatic carbocycles. The van der Waals surface area contributed by atoms with Crippen molar-refractivity contribution in [3.8, 4) is 0 Å². The smallest absolute Gasteiger partial charge is 0.0133 e. The van der Waals surface area contributed by atoms with E-state index in [1.54, 1.807) is 5.56 Å². The molecule has 0 saturated heterocycles. The molecule has 58 valence electrons. The third-order valence-electron chi connectivity index (χ3n) is 2.43. The van der Waals surface area contributed by atoms with Crippen LogP contribution in [-0.2, 0) is 0 Å². The lowest BCUT2D eigenvalue weighted by Gasteiger charge is -2.25. The molecule has 0 heterocycles. The summed E-state index contributed by atoms with van der Waals surface area (Å²) in [4.78, 5) is 0. The van der Waals surface area contributed by atoms with Crippen LogP contribution in [0.5, 0.6) is 0 Å². The summed E-state index contributed by atoms with van der Waals surface area (Å²) < 4.78 is 1.37. The molecule has 0 nitrogen and oxygen atoms in total. The van der Waals surface area contributed by atoms with E-state index >= 15 is 0 Å². The highest BCUT2D eigenvalue weighted by atomic mass is 127. The molecule has 1 fully saturated rings. The highest BCUT2D eigenvalue weighted by Crippen LogP contribution is 2.36. The molecule has 1 saturated carbocycles. The molecule has 0 atom stereocenters. The van der Waals surface area contributed by atoms with Gasteiger partial charge in [0.05, 0.1) is 0 Å².